The second-order valence-corrected chi connectivity index (χ2v) is 5.33. The van der Waals surface area contributed by atoms with Crippen LogP contribution in [0.1, 0.15) is 25.7 Å². The van der Waals surface area contributed by atoms with Crippen LogP contribution in [0.5, 0.6) is 0 Å². The second kappa shape index (κ2) is 7.54. The van der Waals surface area contributed by atoms with Crippen LogP contribution < -0.4 is 10.6 Å². The Balaban J connectivity index is 1.63. The minimum atomic E-state index is 0.187. The van der Waals surface area contributed by atoms with Crippen LogP contribution in [-0.4, -0.2) is 50.1 Å². The van der Waals surface area contributed by atoms with E-state index in [4.69, 9.17) is 0 Å². The Bertz CT molecular complexity index is 283. The molecular weight excluding hydrogens is 226 g/mol. The van der Waals surface area contributed by atoms with Gasteiger partial charge in [-0.3, -0.25) is 9.69 Å². The molecule has 2 aliphatic rings. The number of carbonyl (C=O) groups is 1. The maximum Gasteiger partial charge on any atom is 0.234 e. The highest BCUT2D eigenvalue weighted by molar-refractivity contribution is 5.78. The topological polar surface area (TPSA) is 44.4 Å². The molecule has 1 atom stereocenters. The summed E-state index contributed by atoms with van der Waals surface area (Å²) < 4.78 is 0. The standard InChI is InChI=1S/C14H25N3O/c18-14(12-17-9-4-7-15-8-10-17)16-11-13-5-2-1-3-6-13/h1-2,13,15H,3-12H2,(H,16,18). The number of amides is 1. The summed E-state index contributed by atoms with van der Waals surface area (Å²) in [5, 5.41) is 6.44. The van der Waals surface area contributed by atoms with E-state index >= 15 is 0 Å². The summed E-state index contributed by atoms with van der Waals surface area (Å²) in [6, 6.07) is 0. The number of allylic oxidation sites excluding steroid dienone is 2. The lowest BCUT2D eigenvalue weighted by molar-refractivity contribution is -0.122. The van der Waals surface area contributed by atoms with Gasteiger partial charge in [0.05, 0.1) is 6.54 Å². The zero-order valence-electron chi connectivity index (χ0n) is 11.2. The van der Waals surface area contributed by atoms with Crippen LogP contribution in [0.3, 0.4) is 0 Å². The molecule has 0 bridgehead atoms. The zero-order valence-corrected chi connectivity index (χ0v) is 11.2. The Morgan fingerprint density at radius 3 is 3.11 bits per heavy atom. The molecule has 1 aliphatic carbocycles. The first-order valence-electron chi connectivity index (χ1n) is 7.19. The molecule has 1 aliphatic heterocycles. The maximum absolute atomic E-state index is 11.9. The van der Waals surface area contributed by atoms with Crippen LogP contribution in [0.4, 0.5) is 0 Å². The van der Waals surface area contributed by atoms with E-state index in [9.17, 15) is 4.79 Å². The lowest BCUT2D eigenvalue weighted by Crippen LogP contribution is -2.40. The SMILES string of the molecule is O=C(CN1CCCNCC1)NCC1CC=CCC1. The van der Waals surface area contributed by atoms with Crippen molar-refractivity contribution in [1.82, 2.24) is 15.5 Å². The molecule has 102 valence electrons. The number of hydrogen-bond acceptors (Lipinski definition) is 3. The zero-order chi connectivity index (χ0) is 12.6. The van der Waals surface area contributed by atoms with E-state index in [1.807, 2.05) is 0 Å². The van der Waals surface area contributed by atoms with Crippen molar-refractivity contribution in [2.24, 2.45) is 5.92 Å². The van der Waals surface area contributed by atoms with Gasteiger partial charge >= 0.3 is 0 Å². The smallest absolute Gasteiger partial charge is 0.234 e. The molecule has 0 radical (unpaired) electrons. The van der Waals surface area contributed by atoms with E-state index in [0.29, 0.717) is 12.5 Å². The van der Waals surface area contributed by atoms with Gasteiger partial charge in [-0.1, -0.05) is 12.2 Å². The molecule has 2 rings (SSSR count). The molecule has 0 aromatic rings. The first kappa shape index (κ1) is 13.6. The highest BCUT2D eigenvalue weighted by atomic mass is 16.2. The molecular formula is C14H25N3O. The van der Waals surface area contributed by atoms with Crippen LogP contribution in [0.15, 0.2) is 12.2 Å². The number of rotatable bonds is 4. The van der Waals surface area contributed by atoms with Gasteiger partial charge in [-0.15, -0.1) is 0 Å². The first-order valence-corrected chi connectivity index (χ1v) is 7.19. The first-order chi connectivity index (χ1) is 8.84. The Hall–Kier alpha value is -0.870. The van der Waals surface area contributed by atoms with Crippen molar-refractivity contribution in [3.63, 3.8) is 0 Å². The number of nitrogens with zero attached hydrogens (tertiary/aromatic N) is 1. The van der Waals surface area contributed by atoms with E-state index in [1.165, 1.54) is 12.8 Å². The third-order valence-electron chi connectivity index (χ3n) is 3.77. The van der Waals surface area contributed by atoms with Gasteiger partial charge in [0, 0.05) is 19.6 Å². The molecule has 0 aromatic carbocycles. The van der Waals surface area contributed by atoms with Crippen LogP contribution >= 0.6 is 0 Å². The molecule has 1 unspecified atom stereocenters. The van der Waals surface area contributed by atoms with Gasteiger partial charge in [-0.05, 0) is 44.7 Å². The van der Waals surface area contributed by atoms with Crippen molar-refractivity contribution in [1.29, 1.82) is 0 Å². The molecule has 0 aromatic heterocycles. The fraction of sp³-hybridized carbons (Fsp3) is 0.786. The van der Waals surface area contributed by atoms with E-state index in [1.54, 1.807) is 0 Å². The second-order valence-electron chi connectivity index (χ2n) is 5.33. The number of carbonyl (C=O) groups excluding carboxylic acids is 1. The van der Waals surface area contributed by atoms with Crippen molar-refractivity contribution in [3.8, 4) is 0 Å². The van der Waals surface area contributed by atoms with Gasteiger partial charge in [-0.2, -0.15) is 0 Å². The van der Waals surface area contributed by atoms with E-state index in [-0.39, 0.29) is 5.91 Å². The summed E-state index contributed by atoms with van der Waals surface area (Å²) in [6.45, 7) is 5.50. The highest BCUT2D eigenvalue weighted by Crippen LogP contribution is 2.16. The van der Waals surface area contributed by atoms with Gasteiger partial charge in [0.15, 0.2) is 0 Å². The van der Waals surface area contributed by atoms with Gasteiger partial charge in [0.2, 0.25) is 5.91 Å². The lowest BCUT2D eigenvalue weighted by atomic mass is 9.94. The van der Waals surface area contributed by atoms with Crippen LogP contribution in [0.2, 0.25) is 0 Å². The third kappa shape index (κ3) is 4.78. The Kier molecular flexibility index (Phi) is 5.68. The van der Waals surface area contributed by atoms with Crippen molar-refractivity contribution >= 4 is 5.91 Å². The Morgan fingerprint density at radius 2 is 2.28 bits per heavy atom. The summed E-state index contributed by atoms with van der Waals surface area (Å²) in [7, 11) is 0. The number of hydrogen-bond donors (Lipinski definition) is 2. The molecule has 0 saturated carbocycles. The quantitative estimate of drug-likeness (QED) is 0.725. The van der Waals surface area contributed by atoms with Crippen LogP contribution in [0.25, 0.3) is 0 Å². The Morgan fingerprint density at radius 1 is 1.33 bits per heavy atom. The van der Waals surface area contributed by atoms with Gasteiger partial charge in [0.25, 0.3) is 0 Å². The minimum absolute atomic E-state index is 0.187. The largest absolute Gasteiger partial charge is 0.355 e. The highest BCUT2D eigenvalue weighted by Gasteiger charge is 2.14. The molecule has 1 heterocycles. The average Bonchev–Trinajstić information content (AvgIpc) is 2.66. The molecule has 1 fully saturated rings. The molecule has 2 N–H and O–H groups in total. The number of nitrogens with one attached hydrogen (secondary N) is 2. The van der Waals surface area contributed by atoms with E-state index in [2.05, 4.69) is 27.7 Å². The van der Waals surface area contributed by atoms with E-state index < -0.39 is 0 Å². The molecule has 1 saturated heterocycles. The summed E-state index contributed by atoms with van der Waals surface area (Å²) in [6.07, 6.45) is 9.11. The molecule has 0 spiro atoms. The summed E-state index contributed by atoms with van der Waals surface area (Å²) in [5.41, 5.74) is 0. The van der Waals surface area contributed by atoms with Crippen molar-refractivity contribution in [2.75, 3.05) is 39.3 Å². The normalized spacial score (nSPS) is 25.7. The summed E-state index contributed by atoms with van der Waals surface area (Å²) in [5.74, 6) is 0.830. The predicted molar refractivity (Wildman–Crippen MR) is 73.4 cm³/mol. The van der Waals surface area contributed by atoms with Gasteiger partial charge in [-0.25, -0.2) is 0 Å². The van der Waals surface area contributed by atoms with E-state index in [0.717, 1.165) is 45.6 Å². The van der Waals surface area contributed by atoms with Crippen molar-refractivity contribution in [3.05, 3.63) is 12.2 Å². The fourth-order valence-electron chi connectivity index (χ4n) is 2.62. The van der Waals surface area contributed by atoms with Gasteiger partial charge < -0.3 is 10.6 Å². The van der Waals surface area contributed by atoms with Crippen molar-refractivity contribution < 1.29 is 4.79 Å². The van der Waals surface area contributed by atoms with Gasteiger partial charge in [0.1, 0.15) is 0 Å². The van der Waals surface area contributed by atoms with Crippen LogP contribution in [-0.2, 0) is 4.79 Å². The third-order valence-corrected chi connectivity index (χ3v) is 3.77. The van der Waals surface area contributed by atoms with Crippen molar-refractivity contribution in [2.45, 2.75) is 25.7 Å². The summed E-state index contributed by atoms with van der Waals surface area (Å²) in [4.78, 5) is 14.1. The molecule has 1 amide bonds. The predicted octanol–water partition coefficient (Wildman–Crippen LogP) is 0.754. The monoisotopic (exact) mass is 251 g/mol. The lowest BCUT2D eigenvalue weighted by Gasteiger charge is -2.21. The molecule has 4 nitrogen and oxygen atoms in total. The molecule has 4 heteroatoms. The minimum Gasteiger partial charge on any atom is -0.355 e. The van der Waals surface area contributed by atoms with Crippen LogP contribution in [0, 0.1) is 5.92 Å². The molecule has 18 heavy (non-hydrogen) atoms. The maximum atomic E-state index is 11.9. The fourth-order valence-corrected chi connectivity index (χ4v) is 2.62. The average molecular weight is 251 g/mol. The Labute approximate surface area is 110 Å². The summed E-state index contributed by atoms with van der Waals surface area (Å²) >= 11 is 0.